The highest BCUT2D eigenvalue weighted by atomic mass is 32.2. The third-order valence-electron chi connectivity index (χ3n) is 2.67. The molecule has 20 heavy (non-hydrogen) atoms. The summed E-state index contributed by atoms with van der Waals surface area (Å²) in [6, 6.07) is 8.54. The molecule has 0 bridgehead atoms. The lowest BCUT2D eigenvalue weighted by atomic mass is 10.1. The van der Waals surface area contributed by atoms with Crippen LogP contribution >= 0.6 is 11.8 Å². The van der Waals surface area contributed by atoms with E-state index in [1.807, 2.05) is 0 Å². The van der Waals surface area contributed by atoms with E-state index in [-0.39, 0.29) is 23.7 Å². The second kappa shape index (κ2) is 7.67. The number of benzene rings is 1. The smallest absolute Gasteiger partial charge is 0.278 e. The van der Waals surface area contributed by atoms with Crippen LogP contribution in [0.25, 0.3) is 0 Å². The predicted molar refractivity (Wildman–Crippen MR) is 72.9 cm³/mol. The zero-order chi connectivity index (χ0) is 15.2. The average molecular weight is 308 g/mol. The molecule has 112 valence electrons. The third-order valence-corrected chi connectivity index (χ3v) is 3.66. The molecule has 1 aromatic carbocycles. The molecule has 1 aromatic rings. The molecule has 0 aliphatic heterocycles. The second-order valence-electron chi connectivity index (χ2n) is 4.52. The number of rotatable bonds is 7. The van der Waals surface area contributed by atoms with Crippen molar-refractivity contribution in [1.82, 2.24) is 0 Å². The molecule has 2 atom stereocenters. The van der Waals surface area contributed by atoms with E-state index in [1.54, 1.807) is 30.3 Å². The number of carbonyl (C=O) groups is 1. The summed E-state index contributed by atoms with van der Waals surface area (Å²) in [5.41, 5.74) is 0.526. The summed E-state index contributed by atoms with van der Waals surface area (Å²) < 4.78 is 51.2. The molecular formula is C14H16F4OS. The van der Waals surface area contributed by atoms with E-state index >= 15 is 0 Å². The van der Waals surface area contributed by atoms with Crippen LogP contribution in [0.5, 0.6) is 0 Å². The van der Waals surface area contributed by atoms with Crippen molar-refractivity contribution in [3.8, 4) is 0 Å². The maximum atomic E-state index is 13.2. The molecule has 2 unspecified atom stereocenters. The summed E-state index contributed by atoms with van der Waals surface area (Å²) in [5, 5.41) is -0.168. The first-order valence-electron chi connectivity index (χ1n) is 6.20. The Labute approximate surface area is 119 Å². The normalized spacial score (nSPS) is 14.8. The van der Waals surface area contributed by atoms with Crippen LogP contribution in [0.2, 0.25) is 0 Å². The molecule has 0 aromatic heterocycles. The first-order chi connectivity index (χ1) is 9.32. The van der Waals surface area contributed by atoms with Crippen LogP contribution in [0.1, 0.15) is 30.1 Å². The largest absolute Gasteiger partial charge is 0.282 e. The minimum Gasteiger partial charge on any atom is -0.282 e. The van der Waals surface area contributed by atoms with Crippen molar-refractivity contribution in [3.63, 3.8) is 0 Å². The predicted octanol–water partition coefficient (Wildman–Crippen LogP) is 4.67. The first-order valence-corrected chi connectivity index (χ1v) is 7.19. The Balaban J connectivity index is 2.27. The molecule has 0 amide bonds. The van der Waals surface area contributed by atoms with Gasteiger partial charge in [-0.2, -0.15) is 0 Å². The molecule has 0 heterocycles. The van der Waals surface area contributed by atoms with Crippen LogP contribution in [0.3, 0.4) is 0 Å². The van der Waals surface area contributed by atoms with Gasteiger partial charge in [0.05, 0.1) is 0 Å². The lowest BCUT2D eigenvalue weighted by Gasteiger charge is -2.19. The van der Waals surface area contributed by atoms with Gasteiger partial charge in [0, 0.05) is 18.2 Å². The van der Waals surface area contributed by atoms with Crippen molar-refractivity contribution in [2.24, 2.45) is 0 Å². The van der Waals surface area contributed by atoms with Crippen molar-refractivity contribution in [2.45, 2.75) is 38.0 Å². The minimum absolute atomic E-state index is 0.168. The van der Waals surface area contributed by atoms with E-state index < -0.39 is 18.3 Å². The van der Waals surface area contributed by atoms with Gasteiger partial charge in [-0.1, -0.05) is 42.1 Å². The van der Waals surface area contributed by atoms with Gasteiger partial charge in [0.15, 0.2) is 6.17 Å². The summed E-state index contributed by atoms with van der Waals surface area (Å²) in [5.74, 6) is -3.40. The van der Waals surface area contributed by atoms with Gasteiger partial charge in [0.25, 0.3) is 5.92 Å². The summed E-state index contributed by atoms with van der Waals surface area (Å²) in [6.07, 6.45) is -5.15. The maximum absolute atomic E-state index is 13.2. The Bertz CT molecular complexity index is 419. The summed E-state index contributed by atoms with van der Waals surface area (Å²) in [4.78, 5) is 11.7. The van der Waals surface area contributed by atoms with Gasteiger partial charge in [0.2, 0.25) is 5.12 Å². The van der Waals surface area contributed by atoms with Crippen LogP contribution in [-0.4, -0.2) is 29.1 Å². The van der Waals surface area contributed by atoms with E-state index in [0.717, 1.165) is 11.8 Å². The van der Waals surface area contributed by atoms with E-state index in [9.17, 15) is 22.4 Å². The molecule has 1 nitrogen and oxygen atoms in total. The Kier molecular flexibility index (Phi) is 6.52. The van der Waals surface area contributed by atoms with Gasteiger partial charge < -0.3 is 0 Å². The highest BCUT2D eigenvalue weighted by Crippen LogP contribution is 2.27. The summed E-state index contributed by atoms with van der Waals surface area (Å²) in [6.45, 7) is 0.359. The number of hydrogen-bond acceptors (Lipinski definition) is 2. The Hall–Kier alpha value is -1.04. The van der Waals surface area contributed by atoms with E-state index in [1.165, 1.54) is 0 Å². The molecule has 0 aliphatic carbocycles. The Morgan fingerprint density at radius 2 is 1.85 bits per heavy atom. The highest BCUT2D eigenvalue weighted by molar-refractivity contribution is 8.14. The fraction of sp³-hybridized carbons (Fsp3) is 0.500. The number of hydrogen-bond donors (Lipinski definition) is 0. The molecule has 0 spiro atoms. The van der Waals surface area contributed by atoms with E-state index in [4.69, 9.17) is 0 Å². The minimum atomic E-state index is -3.67. The van der Waals surface area contributed by atoms with Gasteiger partial charge in [-0.15, -0.1) is 0 Å². The van der Waals surface area contributed by atoms with Crippen molar-refractivity contribution in [3.05, 3.63) is 35.9 Å². The molecule has 0 saturated carbocycles. The fourth-order valence-electron chi connectivity index (χ4n) is 1.56. The standard InChI is InChI=1S/C14H16F4OS/c1-14(17,18)12(16)11(15)8-5-9-20-13(19)10-6-3-2-4-7-10/h2-4,6-7,11-12H,5,8-9H2,1H3. The molecule has 0 radical (unpaired) electrons. The molecule has 0 fully saturated rings. The first kappa shape index (κ1) is 17.0. The number of carbonyl (C=O) groups excluding carboxylic acids is 1. The number of thioether (sulfide) groups is 1. The van der Waals surface area contributed by atoms with Gasteiger partial charge in [-0.3, -0.25) is 4.79 Å². The second-order valence-corrected chi connectivity index (χ2v) is 5.59. The Morgan fingerprint density at radius 1 is 1.25 bits per heavy atom. The van der Waals surface area contributed by atoms with Crippen molar-refractivity contribution < 1.29 is 22.4 Å². The molecule has 1 rings (SSSR count). The van der Waals surface area contributed by atoms with Gasteiger partial charge in [-0.05, 0) is 12.8 Å². The SMILES string of the molecule is CC(F)(F)C(F)C(F)CCCSC(=O)c1ccccc1. The highest BCUT2D eigenvalue weighted by Gasteiger charge is 2.40. The quantitative estimate of drug-likeness (QED) is 0.538. The van der Waals surface area contributed by atoms with Crippen LogP contribution in [0, 0.1) is 0 Å². The van der Waals surface area contributed by atoms with Gasteiger partial charge in [-0.25, -0.2) is 17.6 Å². The van der Waals surface area contributed by atoms with Crippen molar-refractivity contribution in [2.75, 3.05) is 5.75 Å². The van der Waals surface area contributed by atoms with E-state index in [0.29, 0.717) is 12.5 Å². The average Bonchev–Trinajstić information content (AvgIpc) is 2.42. The maximum Gasteiger partial charge on any atom is 0.278 e. The fourth-order valence-corrected chi connectivity index (χ4v) is 2.36. The lowest BCUT2D eigenvalue weighted by molar-refractivity contribution is -0.0853. The lowest BCUT2D eigenvalue weighted by Crippen LogP contribution is -2.34. The van der Waals surface area contributed by atoms with Gasteiger partial charge in [0.1, 0.15) is 6.17 Å². The summed E-state index contributed by atoms with van der Waals surface area (Å²) in [7, 11) is 0. The number of alkyl halides is 4. The molecule has 0 N–H and O–H groups in total. The van der Waals surface area contributed by atoms with Crippen molar-refractivity contribution >= 4 is 16.9 Å². The van der Waals surface area contributed by atoms with Crippen LogP contribution in [0.4, 0.5) is 17.6 Å². The molecule has 0 saturated heterocycles. The zero-order valence-electron chi connectivity index (χ0n) is 11.0. The zero-order valence-corrected chi connectivity index (χ0v) is 11.8. The van der Waals surface area contributed by atoms with Crippen LogP contribution in [-0.2, 0) is 0 Å². The Morgan fingerprint density at radius 3 is 2.40 bits per heavy atom. The molecule has 6 heteroatoms. The van der Waals surface area contributed by atoms with Crippen LogP contribution in [0.15, 0.2) is 30.3 Å². The molecular weight excluding hydrogens is 292 g/mol. The van der Waals surface area contributed by atoms with Gasteiger partial charge >= 0.3 is 0 Å². The van der Waals surface area contributed by atoms with E-state index in [2.05, 4.69) is 0 Å². The topological polar surface area (TPSA) is 17.1 Å². The van der Waals surface area contributed by atoms with Crippen LogP contribution < -0.4 is 0 Å². The third kappa shape index (κ3) is 5.53. The molecule has 0 aliphatic rings. The number of halogens is 4. The monoisotopic (exact) mass is 308 g/mol. The van der Waals surface area contributed by atoms with Crippen molar-refractivity contribution in [1.29, 1.82) is 0 Å². The summed E-state index contributed by atoms with van der Waals surface area (Å²) >= 11 is 0.975.